The third-order valence-electron chi connectivity index (χ3n) is 4.06. The molecule has 1 aliphatic rings. The highest BCUT2D eigenvalue weighted by molar-refractivity contribution is 7.09. The van der Waals surface area contributed by atoms with E-state index < -0.39 is 0 Å². The van der Waals surface area contributed by atoms with Gasteiger partial charge >= 0.3 is 0 Å². The molecule has 0 spiro atoms. The number of ether oxygens (including phenoxy) is 1. The van der Waals surface area contributed by atoms with Gasteiger partial charge in [-0.05, 0) is 48.1 Å². The monoisotopic (exact) mass is 282 g/mol. The van der Waals surface area contributed by atoms with Crippen LogP contribution in [0.2, 0.25) is 0 Å². The SMILES string of the molecule is CNC(Cc1nc(C)cs1)C1CC(C)(C)OC1(C)C. The summed E-state index contributed by atoms with van der Waals surface area (Å²) in [4.78, 5) is 4.59. The van der Waals surface area contributed by atoms with Crippen LogP contribution >= 0.6 is 11.3 Å². The lowest BCUT2D eigenvalue weighted by Gasteiger charge is -2.32. The number of aryl methyl sites for hydroxylation is 1. The number of thiazole rings is 1. The third kappa shape index (κ3) is 3.36. The Bertz CT molecular complexity index is 439. The molecule has 1 aromatic heterocycles. The quantitative estimate of drug-likeness (QED) is 0.921. The van der Waals surface area contributed by atoms with Crippen molar-refractivity contribution < 1.29 is 4.74 Å². The average molecular weight is 282 g/mol. The molecule has 1 N–H and O–H groups in total. The van der Waals surface area contributed by atoms with E-state index >= 15 is 0 Å². The van der Waals surface area contributed by atoms with Crippen LogP contribution in [0.15, 0.2) is 5.38 Å². The zero-order chi connectivity index (χ0) is 14.3. The second-order valence-electron chi connectivity index (χ2n) is 6.76. The lowest BCUT2D eigenvalue weighted by atomic mass is 9.80. The maximum Gasteiger partial charge on any atom is 0.0943 e. The first kappa shape index (κ1) is 14.9. The van der Waals surface area contributed by atoms with Gasteiger partial charge in [0.15, 0.2) is 0 Å². The fourth-order valence-corrected chi connectivity index (χ4v) is 4.19. The van der Waals surface area contributed by atoms with E-state index in [1.165, 1.54) is 5.01 Å². The first-order valence-electron chi connectivity index (χ1n) is 7.02. The van der Waals surface area contributed by atoms with Gasteiger partial charge in [-0.25, -0.2) is 4.98 Å². The number of likely N-dealkylation sites (N-methyl/N-ethyl adjacent to an activating group) is 1. The van der Waals surface area contributed by atoms with Gasteiger partial charge in [-0.1, -0.05) is 0 Å². The van der Waals surface area contributed by atoms with Crippen molar-refractivity contribution in [2.45, 2.75) is 64.7 Å². The molecule has 3 nitrogen and oxygen atoms in total. The fourth-order valence-electron chi connectivity index (χ4n) is 3.36. The Balaban J connectivity index is 2.13. The number of hydrogen-bond acceptors (Lipinski definition) is 4. The van der Waals surface area contributed by atoms with Crippen LogP contribution in [0.3, 0.4) is 0 Å². The topological polar surface area (TPSA) is 34.2 Å². The molecule has 19 heavy (non-hydrogen) atoms. The van der Waals surface area contributed by atoms with Gasteiger partial charge in [0.2, 0.25) is 0 Å². The zero-order valence-electron chi connectivity index (χ0n) is 12.9. The highest BCUT2D eigenvalue weighted by Crippen LogP contribution is 2.44. The van der Waals surface area contributed by atoms with Gasteiger partial charge in [-0.3, -0.25) is 0 Å². The summed E-state index contributed by atoms with van der Waals surface area (Å²) in [5.41, 5.74) is 1.02. The number of aromatic nitrogens is 1. The van der Waals surface area contributed by atoms with Crippen molar-refractivity contribution in [1.29, 1.82) is 0 Å². The van der Waals surface area contributed by atoms with Gasteiger partial charge in [0, 0.05) is 29.5 Å². The molecule has 0 bridgehead atoms. The highest BCUT2D eigenvalue weighted by Gasteiger charge is 2.48. The maximum atomic E-state index is 6.22. The van der Waals surface area contributed by atoms with Crippen molar-refractivity contribution in [3.8, 4) is 0 Å². The van der Waals surface area contributed by atoms with E-state index in [1.807, 2.05) is 7.05 Å². The molecule has 0 aromatic carbocycles. The lowest BCUT2D eigenvalue weighted by molar-refractivity contribution is -0.0774. The molecule has 2 heterocycles. The van der Waals surface area contributed by atoms with Crippen molar-refractivity contribution in [2.24, 2.45) is 5.92 Å². The molecule has 2 rings (SSSR count). The summed E-state index contributed by atoms with van der Waals surface area (Å²) in [6.07, 6.45) is 2.08. The molecule has 1 aromatic rings. The number of nitrogens with one attached hydrogen (secondary N) is 1. The molecule has 2 atom stereocenters. The van der Waals surface area contributed by atoms with Crippen LogP contribution in [0, 0.1) is 12.8 Å². The number of rotatable bonds is 4. The standard InChI is InChI=1S/C15H26N2OS/c1-10-9-19-13(17-10)7-12(16-6)11-8-14(2,3)18-15(11,4)5/h9,11-12,16H,7-8H2,1-6H3. The van der Waals surface area contributed by atoms with Crippen LogP contribution in [0.1, 0.15) is 44.8 Å². The first-order valence-corrected chi connectivity index (χ1v) is 7.90. The Hall–Kier alpha value is -0.450. The van der Waals surface area contributed by atoms with E-state index in [0.29, 0.717) is 12.0 Å². The molecule has 108 valence electrons. The zero-order valence-corrected chi connectivity index (χ0v) is 13.7. The molecule has 0 aliphatic carbocycles. The summed E-state index contributed by atoms with van der Waals surface area (Å²) < 4.78 is 6.22. The van der Waals surface area contributed by atoms with Crippen LogP contribution in [-0.2, 0) is 11.2 Å². The Kier molecular flexibility index (Phi) is 4.05. The van der Waals surface area contributed by atoms with Crippen LogP contribution < -0.4 is 5.32 Å². The smallest absolute Gasteiger partial charge is 0.0943 e. The molecular formula is C15H26N2OS. The fraction of sp³-hybridized carbons (Fsp3) is 0.800. The van der Waals surface area contributed by atoms with Gasteiger partial charge < -0.3 is 10.1 Å². The first-order chi connectivity index (χ1) is 8.73. The van der Waals surface area contributed by atoms with Crippen molar-refractivity contribution in [2.75, 3.05) is 7.05 Å². The summed E-state index contributed by atoms with van der Waals surface area (Å²) in [6.45, 7) is 10.9. The lowest BCUT2D eigenvalue weighted by Crippen LogP contribution is -2.44. The molecule has 1 saturated heterocycles. The highest BCUT2D eigenvalue weighted by atomic mass is 32.1. The van der Waals surface area contributed by atoms with E-state index in [9.17, 15) is 0 Å². The molecule has 1 fully saturated rings. The number of nitrogens with zero attached hydrogens (tertiary/aromatic N) is 1. The van der Waals surface area contributed by atoms with Crippen molar-refractivity contribution in [3.63, 3.8) is 0 Å². The molecule has 4 heteroatoms. The second kappa shape index (κ2) is 5.15. The van der Waals surface area contributed by atoms with Gasteiger partial charge in [-0.15, -0.1) is 11.3 Å². The maximum absolute atomic E-state index is 6.22. The minimum atomic E-state index is -0.0799. The summed E-state index contributed by atoms with van der Waals surface area (Å²) in [6, 6.07) is 0.419. The normalized spacial score (nSPS) is 26.5. The summed E-state index contributed by atoms with van der Waals surface area (Å²) in [5, 5.41) is 6.83. The molecule has 0 amide bonds. The van der Waals surface area contributed by atoms with Gasteiger partial charge in [0.05, 0.1) is 16.2 Å². The summed E-state index contributed by atoms with van der Waals surface area (Å²) in [5.74, 6) is 0.511. The predicted octanol–water partition coefficient (Wildman–Crippen LogP) is 3.18. The molecule has 2 unspecified atom stereocenters. The van der Waals surface area contributed by atoms with Crippen LogP contribution in [0.5, 0.6) is 0 Å². The Morgan fingerprint density at radius 3 is 2.58 bits per heavy atom. The van der Waals surface area contributed by atoms with Crippen LogP contribution in [-0.4, -0.2) is 29.3 Å². The van der Waals surface area contributed by atoms with Crippen molar-refractivity contribution in [1.82, 2.24) is 10.3 Å². The van der Waals surface area contributed by atoms with Crippen LogP contribution in [0.4, 0.5) is 0 Å². The Labute approximate surface area is 120 Å². The molecule has 0 radical (unpaired) electrons. The molecule has 1 aliphatic heterocycles. The van der Waals surface area contributed by atoms with E-state index in [2.05, 4.69) is 50.3 Å². The van der Waals surface area contributed by atoms with E-state index in [-0.39, 0.29) is 11.2 Å². The van der Waals surface area contributed by atoms with Crippen molar-refractivity contribution in [3.05, 3.63) is 16.1 Å². The van der Waals surface area contributed by atoms with Gasteiger partial charge in [0.1, 0.15) is 0 Å². The largest absolute Gasteiger partial charge is 0.369 e. The minimum Gasteiger partial charge on any atom is -0.369 e. The minimum absolute atomic E-state index is 0.0257. The van der Waals surface area contributed by atoms with E-state index in [0.717, 1.165) is 18.5 Å². The molecule has 0 saturated carbocycles. The Morgan fingerprint density at radius 1 is 1.47 bits per heavy atom. The number of hydrogen-bond donors (Lipinski definition) is 1. The predicted molar refractivity (Wildman–Crippen MR) is 80.8 cm³/mol. The molecular weight excluding hydrogens is 256 g/mol. The third-order valence-corrected chi connectivity index (χ3v) is 5.05. The summed E-state index contributed by atoms with van der Waals surface area (Å²) >= 11 is 1.76. The second-order valence-corrected chi connectivity index (χ2v) is 7.70. The average Bonchev–Trinajstić information content (AvgIpc) is 2.76. The Morgan fingerprint density at radius 2 is 2.16 bits per heavy atom. The van der Waals surface area contributed by atoms with E-state index in [4.69, 9.17) is 4.74 Å². The summed E-state index contributed by atoms with van der Waals surface area (Å²) in [7, 11) is 2.05. The van der Waals surface area contributed by atoms with Crippen LogP contribution in [0.25, 0.3) is 0 Å². The van der Waals surface area contributed by atoms with Gasteiger partial charge in [0.25, 0.3) is 0 Å². The van der Waals surface area contributed by atoms with E-state index in [1.54, 1.807) is 11.3 Å². The van der Waals surface area contributed by atoms with Gasteiger partial charge in [-0.2, -0.15) is 0 Å². The van der Waals surface area contributed by atoms with Crippen molar-refractivity contribution >= 4 is 11.3 Å².